The number of hydrogen-bond acceptors (Lipinski definition) is 5. The van der Waals surface area contributed by atoms with E-state index in [1.54, 1.807) is 29.7 Å². The van der Waals surface area contributed by atoms with Crippen LogP contribution in [0.4, 0.5) is 5.69 Å². The summed E-state index contributed by atoms with van der Waals surface area (Å²) >= 11 is 0. The summed E-state index contributed by atoms with van der Waals surface area (Å²) in [4.78, 5) is 41.4. The fraction of sp³-hybridized carbons (Fsp3) is 0.304. The van der Waals surface area contributed by atoms with E-state index in [2.05, 4.69) is 17.2 Å². The number of anilines is 1. The number of benzene rings is 2. The van der Waals surface area contributed by atoms with Crippen LogP contribution < -0.4 is 10.9 Å². The number of ether oxygens (including phenoxy) is 1. The van der Waals surface area contributed by atoms with Gasteiger partial charge in [0, 0.05) is 12.2 Å². The van der Waals surface area contributed by atoms with Crippen molar-refractivity contribution >= 4 is 28.6 Å². The molecule has 3 aromatic rings. The Morgan fingerprint density at radius 2 is 1.83 bits per heavy atom. The average molecular weight is 407 g/mol. The number of esters is 1. The lowest BCUT2D eigenvalue weighted by atomic mass is 10.1. The van der Waals surface area contributed by atoms with Crippen molar-refractivity contribution in [2.45, 2.75) is 46.8 Å². The van der Waals surface area contributed by atoms with E-state index in [1.807, 2.05) is 31.2 Å². The van der Waals surface area contributed by atoms with Gasteiger partial charge in [-0.15, -0.1) is 0 Å². The summed E-state index contributed by atoms with van der Waals surface area (Å²) in [6, 6.07) is 12.3. The Kier molecular flexibility index (Phi) is 6.30. The first-order valence-electron chi connectivity index (χ1n) is 9.96. The Balaban J connectivity index is 1.74. The molecule has 0 spiro atoms. The van der Waals surface area contributed by atoms with Crippen LogP contribution >= 0.6 is 0 Å². The van der Waals surface area contributed by atoms with Crippen LogP contribution in [0.1, 0.15) is 42.4 Å². The zero-order chi connectivity index (χ0) is 21.8. The highest BCUT2D eigenvalue weighted by molar-refractivity contribution is 5.98. The van der Waals surface area contributed by atoms with Gasteiger partial charge in [0.25, 0.3) is 11.5 Å². The van der Waals surface area contributed by atoms with Crippen molar-refractivity contribution in [3.8, 4) is 0 Å². The summed E-state index contributed by atoms with van der Waals surface area (Å²) in [6.45, 7) is 7.59. The SMILES string of the molecule is CCc1ccc(NC(=O)[C@H](C)OC(=O)c2ccc3c(c2)nc(C)c(=O)n3CC)cc1. The monoisotopic (exact) mass is 407 g/mol. The normalized spacial score (nSPS) is 11.9. The molecule has 0 bridgehead atoms. The quantitative estimate of drug-likeness (QED) is 0.632. The molecule has 0 aliphatic rings. The molecule has 3 rings (SSSR count). The minimum atomic E-state index is -0.974. The summed E-state index contributed by atoms with van der Waals surface area (Å²) in [5, 5.41) is 2.74. The van der Waals surface area contributed by atoms with Crippen LogP contribution in [0.25, 0.3) is 11.0 Å². The molecule has 156 valence electrons. The van der Waals surface area contributed by atoms with Crippen LogP contribution in [-0.4, -0.2) is 27.5 Å². The van der Waals surface area contributed by atoms with E-state index in [-0.39, 0.29) is 11.1 Å². The third-order valence-corrected chi connectivity index (χ3v) is 4.94. The second-order valence-corrected chi connectivity index (χ2v) is 7.04. The number of carbonyl (C=O) groups is 2. The van der Waals surface area contributed by atoms with Gasteiger partial charge in [-0.05, 0) is 63.1 Å². The lowest BCUT2D eigenvalue weighted by molar-refractivity contribution is -0.123. The van der Waals surface area contributed by atoms with Gasteiger partial charge in [-0.1, -0.05) is 19.1 Å². The van der Waals surface area contributed by atoms with Crippen molar-refractivity contribution in [1.82, 2.24) is 9.55 Å². The van der Waals surface area contributed by atoms with Gasteiger partial charge in [-0.2, -0.15) is 0 Å². The highest BCUT2D eigenvalue weighted by Gasteiger charge is 2.20. The zero-order valence-electron chi connectivity index (χ0n) is 17.6. The molecule has 1 atom stereocenters. The summed E-state index contributed by atoms with van der Waals surface area (Å²) in [7, 11) is 0. The Labute approximate surface area is 174 Å². The molecule has 1 N–H and O–H groups in total. The molecule has 7 heteroatoms. The van der Waals surface area contributed by atoms with Crippen LogP contribution in [0.2, 0.25) is 0 Å². The van der Waals surface area contributed by atoms with Gasteiger partial charge < -0.3 is 14.6 Å². The number of aryl methyl sites for hydroxylation is 3. The number of aromatic nitrogens is 2. The topological polar surface area (TPSA) is 90.3 Å². The zero-order valence-corrected chi connectivity index (χ0v) is 17.6. The fourth-order valence-corrected chi connectivity index (χ4v) is 3.17. The molecule has 30 heavy (non-hydrogen) atoms. The lowest BCUT2D eigenvalue weighted by Crippen LogP contribution is -2.30. The molecule has 1 aromatic heterocycles. The van der Waals surface area contributed by atoms with Crippen molar-refractivity contribution in [2.75, 3.05) is 5.32 Å². The van der Waals surface area contributed by atoms with Gasteiger partial charge >= 0.3 is 5.97 Å². The maximum Gasteiger partial charge on any atom is 0.338 e. The molecule has 0 radical (unpaired) electrons. The highest BCUT2D eigenvalue weighted by atomic mass is 16.5. The van der Waals surface area contributed by atoms with Gasteiger partial charge in [0.2, 0.25) is 0 Å². The summed E-state index contributed by atoms with van der Waals surface area (Å²) in [6.07, 6.45) is -0.0603. The van der Waals surface area contributed by atoms with Gasteiger partial charge in [0.1, 0.15) is 5.69 Å². The van der Waals surface area contributed by atoms with Crippen molar-refractivity contribution in [1.29, 1.82) is 0 Å². The Hall–Kier alpha value is -3.48. The van der Waals surface area contributed by atoms with Crippen LogP contribution in [-0.2, 0) is 22.5 Å². The van der Waals surface area contributed by atoms with Crippen LogP contribution in [0.3, 0.4) is 0 Å². The highest BCUT2D eigenvalue weighted by Crippen LogP contribution is 2.16. The molecule has 0 aliphatic carbocycles. The molecule has 0 unspecified atom stereocenters. The minimum absolute atomic E-state index is 0.155. The van der Waals surface area contributed by atoms with E-state index in [4.69, 9.17) is 4.74 Å². The fourth-order valence-electron chi connectivity index (χ4n) is 3.17. The predicted octanol–water partition coefficient (Wildman–Crippen LogP) is 3.47. The van der Waals surface area contributed by atoms with Gasteiger partial charge in [0.15, 0.2) is 6.10 Å². The molecule has 1 heterocycles. The van der Waals surface area contributed by atoms with Crippen molar-refractivity contribution in [2.24, 2.45) is 0 Å². The number of hydrogen-bond donors (Lipinski definition) is 1. The molecular weight excluding hydrogens is 382 g/mol. The molecule has 0 fully saturated rings. The molecule has 7 nitrogen and oxygen atoms in total. The number of nitrogens with zero attached hydrogens (tertiary/aromatic N) is 2. The molecule has 1 amide bonds. The summed E-state index contributed by atoms with van der Waals surface area (Å²) in [5.74, 6) is -1.04. The van der Waals surface area contributed by atoms with E-state index in [0.717, 1.165) is 6.42 Å². The number of amides is 1. The van der Waals surface area contributed by atoms with Crippen LogP contribution in [0.15, 0.2) is 47.3 Å². The number of nitrogens with one attached hydrogen (secondary N) is 1. The molecule has 0 aliphatic heterocycles. The standard InChI is InChI=1S/C23H25N3O4/c1-5-16-7-10-18(11-8-16)25-21(27)15(4)30-23(29)17-9-12-20-19(13-17)24-14(3)22(28)26(20)6-2/h7-13,15H,5-6H2,1-4H3,(H,25,27)/t15-/m0/s1. The number of fused-ring (bicyclic) bond motifs is 1. The smallest absolute Gasteiger partial charge is 0.338 e. The first kappa shape index (κ1) is 21.2. The summed E-state index contributed by atoms with van der Waals surface area (Å²) < 4.78 is 6.93. The molecular formula is C23H25N3O4. The summed E-state index contributed by atoms with van der Waals surface area (Å²) in [5.41, 5.74) is 3.45. The van der Waals surface area contributed by atoms with Gasteiger partial charge in [0.05, 0.1) is 16.6 Å². The molecule has 0 saturated heterocycles. The van der Waals surface area contributed by atoms with E-state index >= 15 is 0 Å². The largest absolute Gasteiger partial charge is 0.449 e. The van der Waals surface area contributed by atoms with E-state index < -0.39 is 18.0 Å². The van der Waals surface area contributed by atoms with Crippen molar-refractivity contribution < 1.29 is 14.3 Å². The molecule has 0 saturated carbocycles. The second kappa shape index (κ2) is 8.90. The maximum absolute atomic E-state index is 12.5. The third kappa shape index (κ3) is 4.40. The number of carbonyl (C=O) groups excluding carboxylic acids is 2. The Morgan fingerprint density at radius 1 is 1.13 bits per heavy atom. The Bertz CT molecular complexity index is 1150. The van der Waals surface area contributed by atoms with Gasteiger partial charge in [-0.3, -0.25) is 9.59 Å². The van der Waals surface area contributed by atoms with Gasteiger partial charge in [-0.25, -0.2) is 9.78 Å². The van der Waals surface area contributed by atoms with Crippen LogP contribution in [0.5, 0.6) is 0 Å². The lowest BCUT2D eigenvalue weighted by Gasteiger charge is -2.14. The first-order chi connectivity index (χ1) is 14.3. The predicted molar refractivity (Wildman–Crippen MR) is 116 cm³/mol. The minimum Gasteiger partial charge on any atom is -0.449 e. The second-order valence-electron chi connectivity index (χ2n) is 7.04. The maximum atomic E-state index is 12.5. The Morgan fingerprint density at radius 3 is 2.47 bits per heavy atom. The van der Waals surface area contributed by atoms with Crippen molar-refractivity contribution in [3.63, 3.8) is 0 Å². The third-order valence-electron chi connectivity index (χ3n) is 4.94. The van der Waals surface area contributed by atoms with Crippen LogP contribution in [0, 0.1) is 6.92 Å². The van der Waals surface area contributed by atoms with E-state index in [9.17, 15) is 14.4 Å². The van der Waals surface area contributed by atoms with Crippen molar-refractivity contribution in [3.05, 3.63) is 69.6 Å². The van der Waals surface area contributed by atoms with E-state index in [0.29, 0.717) is 29.0 Å². The number of rotatable bonds is 6. The molecule has 2 aromatic carbocycles. The average Bonchev–Trinajstić information content (AvgIpc) is 2.74. The first-order valence-corrected chi connectivity index (χ1v) is 9.96. The van der Waals surface area contributed by atoms with E-state index in [1.165, 1.54) is 12.5 Å².